The maximum atomic E-state index is 7.21. The van der Waals surface area contributed by atoms with Gasteiger partial charge >= 0.3 is 458 Å². The second-order valence-electron chi connectivity index (χ2n) is 46.6. The summed E-state index contributed by atoms with van der Waals surface area (Å²) < 4.78 is 63.4. The average Bonchev–Trinajstić information content (AvgIpc) is 1.33. The molecule has 0 amide bonds. The zero-order valence-corrected chi connectivity index (χ0v) is 78.1. The molecule has 2 spiro atoms. The second kappa shape index (κ2) is 20.6. The number of nitrogens with one attached hydrogen (secondary N) is 2. The normalized spacial score (nSPS) is 21.7. The first kappa shape index (κ1) is 69.8. The van der Waals surface area contributed by atoms with Gasteiger partial charge in [-0.15, -0.1) is 0 Å². The van der Waals surface area contributed by atoms with Gasteiger partial charge in [0.15, 0.2) is 0 Å². The number of para-hydroxylation sites is 4. The van der Waals surface area contributed by atoms with Crippen molar-refractivity contribution in [2.75, 3.05) is 0 Å². The molecule has 614 valence electrons. The monoisotopic (exact) mass is 1790 g/mol. The fourth-order valence-electron chi connectivity index (χ4n) is 36.5. The minimum atomic E-state index is -2.03. The number of benzene rings is 16. The van der Waals surface area contributed by atoms with Gasteiger partial charge in [0.25, 0.3) is 13.4 Å². The van der Waals surface area contributed by atoms with Crippen molar-refractivity contribution in [3.05, 3.63) is 278 Å². The molecular formula is C98H60B20N6O8P4-4. The van der Waals surface area contributed by atoms with Crippen LogP contribution in [-0.4, -0.2) is 149 Å². The van der Waals surface area contributed by atoms with E-state index in [2.05, 4.69) is 313 Å². The van der Waals surface area contributed by atoms with Gasteiger partial charge in [-0.2, -0.15) is 0 Å². The summed E-state index contributed by atoms with van der Waals surface area (Å²) >= 11 is 0. The van der Waals surface area contributed by atoms with Crippen molar-refractivity contribution in [3.63, 3.8) is 0 Å². The van der Waals surface area contributed by atoms with E-state index < -0.39 is 25.3 Å². The molecule has 2 N–H and O–H groups in total. The van der Waals surface area contributed by atoms with Crippen molar-refractivity contribution in [1.82, 2.24) is 28.0 Å². The number of aromatic nitrogens is 4. The van der Waals surface area contributed by atoms with E-state index in [0.29, 0.717) is 13.8 Å². The zero-order chi connectivity index (χ0) is 86.6. The molecule has 26 aliphatic rings. The van der Waals surface area contributed by atoms with Gasteiger partial charge in [0.1, 0.15) is 46.0 Å². The predicted molar refractivity (Wildman–Crippen MR) is 594 cm³/mol. The van der Waals surface area contributed by atoms with Gasteiger partial charge in [-0.1, -0.05) is 54.6 Å². The van der Waals surface area contributed by atoms with Crippen molar-refractivity contribution in [2.24, 2.45) is 0 Å². The first-order chi connectivity index (χ1) is 67.0. The molecule has 14 nitrogen and oxygen atoms in total. The molecule has 16 aromatic carbocycles. The molecule has 26 aliphatic heterocycles. The van der Waals surface area contributed by atoms with E-state index in [-0.39, 0.29) is 41.0 Å². The molecule has 14 fully saturated rings. The van der Waals surface area contributed by atoms with Crippen LogP contribution in [0.15, 0.2) is 267 Å². The summed E-state index contributed by atoms with van der Waals surface area (Å²) in [4.78, 5) is 9.65. The minimum absolute atomic E-state index is 0.143. The molecule has 4 bridgehead atoms. The molecule has 14 saturated heterocycles. The van der Waals surface area contributed by atoms with E-state index in [9.17, 15) is 0 Å². The van der Waals surface area contributed by atoms with Crippen LogP contribution in [0.4, 0.5) is 0 Å². The third kappa shape index (κ3) is 6.74. The van der Waals surface area contributed by atoms with Crippen molar-refractivity contribution < 1.29 is 37.9 Å². The van der Waals surface area contributed by atoms with Gasteiger partial charge in [-0.3, -0.25) is 0 Å². The van der Waals surface area contributed by atoms with Crippen LogP contribution < -0.4 is 124 Å². The Hall–Kier alpha value is -11.9. The molecule has 20 aromatic rings. The average molecular weight is 1790 g/mol. The number of hydrogen-bond donors (Lipinski definition) is 2. The van der Waals surface area contributed by atoms with Crippen molar-refractivity contribution in [2.45, 2.75) is 13.8 Å². The summed E-state index contributed by atoms with van der Waals surface area (Å²) in [5, 5.41) is 13.9. The quantitative estimate of drug-likeness (QED) is 0.124. The van der Waals surface area contributed by atoms with Crippen molar-refractivity contribution >= 4 is 319 Å². The fourth-order valence-corrected chi connectivity index (χ4v) is 86.7. The third-order valence-electron chi connectivity index (χ3n) is 43.0. The van der Waals surface area contributed by atoms with Crippen LogP contribution in [0.1, 0.15) is 11.1 Å². The van der Waals surface area contributed by atoms with Gasteiger partial charge in [0.05, 0.1) is 22.1 Å². The van der Waals surface area contributed by atoms with Gasteiger partial charge < -0.3 is 28.1 Å². The third-order valence-corrected chi connectivity index (χ3v) is 78.7. The van der Waals surface area contributed by atoms with Crippen LogP contribution in [0.5, 0.6) is 92.0 Å². The standard InChI is InChI=1S/2C25H14BNO2.2C24H16B9N2O2P2/c1-13-9-11-20-23-25(13)29-18-8-4-7-17-21(18)26(23)22-19(28-20)12-10-15-14-5-2-3-6-16(14)27(17)24(15)22;1-13-11-20-23-21(12-13)29-19-10-9-15-14-5-2-3-6-16(14)27-17-7-4-8-18(28-20)22(17)26(23)24(19)25(15)27;1-2-6-14-12(5-1)13-11-19(38(29-25-30(38)33(29)38)34-39-26-31(39)32(39)27-39)24-22-23(13)35(14)15-7-3-8-16-20(15)28(22)21-17(36-16)9-4-10-18(21)37-24;1-2-5-14-12(4-1)13-8-9-17-21-23(13)35(14)15-6-3-7-16-20(15)28(21)22-18(36-16)10-11-19(24(22)37-17)38(29-25-30(38)33(29)38)34-39-26-31(39)32(39)27-39/h2*2-12H,1H3;2*1-11,34H,25-26H2/q;;2*-2. The van der Waals surface area contributed by atoms with Crippen LogP contribution in [0, 0.1) is 13.8 Å². The van der Waals surface area contributed by atoms with Crippen LogP contribution in [0.3, 0.4) is 0 Å². The molecule has 0 unspecified atom stereocenters. The second-order valence-corrected chi connectivity index (χ2v) is 70.7. The van der Waals surface area contributed by atoms with E-state index in [0.717, 1.165) is 147 Å². The molecule has 4 aromatic heterocycles. The van der Waals surface area contributed by atoms with Gasteiger partial charge in [0.2, 0.25) is 0 Å². The molecule has 38 heteroatoms. The summed E-state index contributed by atoms with van der Waals surface area (Å²) in [5.41, 5.74) is 32.9. The van der Waals surface area contributed by atoms with Crippen molar-refractivity contribution in [1.29, 1.82) is 0 Å². The maximum absolute atomic E-state index is 7.21. The van der Waals surface area contributed by atoms with Crippen molar-refractivity contribution in [3.8, 4) is 115 Å². The summed E-state index contributed by atoms with van der Waals surface area (Å²) in [5.74, 6) is 16.1. The molecule has 30 heterocycles. The molecule has 46 rings (SSSR count). The number of hydrogen-bond acceptors (Lipinski definition) is 10. The van der Waals surface area contributed by atoms with E-state index in [1.807, 2.05) is 0 Å². The summed E-state index contributed by atoms with van der Waals surface area (Å²) in [6.07, 6.45) is 4.21. The Balaban J connectivity index is 0.0000000731. The van der Waals surface area contributed by atoms with E-state index >= 15 is 0 Å². The summed E-state index contributed by atoms with van der Waals surface area (Å²) in [6.45, 7) is 11.2. The van der Waals surface area contributed by atoms with Crippen LogP contribution in [0.25, 0.3) is 110 Å². The number of nitrogens with zero attached hydrogens (tertiary/aromatic N) is 4. The fraction of sp³-hybridized carbons (Fsp3) is 0.0204. The van der Waals surface area contributed by atoms with Crippen LogP contribution in [0.2, 0.25) is 0 Å². The Morgan fingerprint density at radius 1 is 0.265 bits per heavy atom. The topological polar surface area (TPSA) is 118 Å². The van der Waals surface area contributed by atoms with E-state index in [1.165, 1.54) is 194 Å². The number of fused-ring (bicyclic) bond motifs is 18. The zero-order valence-electron chi connectivity index (χ0n) is 74.5. The summed E-state index contributed by atoms with van der Waals surface area (Å²) in [7, 11) is 0.492. The molecule has 0 saturated carbocycles. The first-order valence-corrected chi connectivity index (χ1v) is 61.1. The Bertz CT molecular complexity index is 9830. The van der Waals surface area contributed by atoms with Crippen LogP contribution >= 0.6 is 25.3 Å². The Labute approximate surface area is 785 Å². The Morgan fingerprint density at radius 3 is 1.01 bits per heavy atom. The van der Waals surface area contributed by atoms with E-state index in [1.54, 1.807) is 10.6 Å². The molecule has 136 heavy (non-hydrogen) atoms. The Morgan fingerprint density at radius 2 is 0.581 bits per heavy atom. The molecule has 0 atom stereocenters. The number of aryl methyl sites for hydroxylation is 2. The van der Waals surface area contributed by atoms with Gasteiger partial charge in [-0.25, -0.2) is 0 Å². The first-order valence-electron chi connectivity index (χ1n) is 50.4. The number of ether oxygens (including phenoxy) is 8. The Kier molecular flexibility index (Phi) is 10.6. The van der Waals surface area contributed by atoms with Crippen LogP contribution in [-0.2, 0) is 0 Å². The van der Waals surface area contributed by atoms with E-state index in [4.69, 9.17) is 47.6 Å². The van der Waals surface area contributed by atoms with Gasteiger partial charge in [0, 0.05) is 43.8 Å². The SMILES string of the molecule is Cc1cc2c3c(c1)Oc1ccc4c5ccccc5n5c4c1B3c1c(cccc1-5)O2.Cc1ccc2c3c1Oc1cccc4c1B3c1c(ccc3c5ccccc5n-4c13)O2.[B]1B2B3[BH2-]P123NP12(c3cc4c5ccccc5n5c4c4c3Oc3cccc6c3B4c3c(cccc3-5)O6)B3[BH2-]B1B32.[B]1B2B3[BH2-]P123NP12(c3ccc4c5c3Oc3ccc6c7ccccc7n7c6c3B5c3c(cccc3-7)O4)B3[BH2-]B1B32. The molecular weight excluding hydrogens is 1730 g/mol. The van der Waals surface area contributed by atoms with Gasteiger partial charge in [-0.05, 0) is 126 Å². The summed E-state index contributed by atoms with van der Waals surface area (Å²) in [6, 6.07) is 97.1. The number of rotatable bonds is 6. The predicted octanol–water partition coefficient (Wildman–Crippen LogP) is 8.48. The molecule has 0 aliphatic carbocycles. The molecule has 2 radical (unpaired) electrons.